The van der Waals surface area contributed by atoms with E-state index >= 15 is 0 Å². The van der Waals surface area contributed by atoms with Gasteiger partial charge in [-0.15, -0.1) is 0 Å². The molecule has 0 atom stereocenters. The van der Waals surface area contributed by atoms with Crippen molar-refractivity contribution in [1.29, 1.82) is 0 Å². The molecule has 4 aromatic rings. The van der Waals surface area contributed by atoms with Crippen LogP contribution in [0.15, 0.2) is 60.9 Å². The number of aromatic nitrogens is 2. The number of halogens is 12. The minimum atomic E-state index is -10.7. The third-order valence-electron chi connectivity index (χ3n) is 4.13. The summed E-state index contributed by atoms with van der Waals surface area (Å²) < 4.78 is 143. The summed E-state index contributed by atoms with van der Waals surface area (Å²) in [7, 11) is -10.7. The van der Waals surface area contributed by atoms with Crippen molar-refractivity contribution in [2.24, 2.45) is 0 Å². The molecule has 0 bridgehead atoms. The average molecular weight is 754 g/mol. The molecule has 0 saturated heterocycles. The summed E-state index contributed by atoms with van der Waals surface area (Å²) in [5, 5.41) is 0. The van der Waals surface area contributed by atoms with Gasteiger partial charge in [0.2, 0.25) is 0 Å². The van der Waals surface area contributed by atoms with Gasteiger partial charge in [0.15, 0.2) is 0 Å². The van der Waals surface area contributed by atoms with Crippen LogP contribution in [0.25, 0.3) is 22.5 Å². The van der Waals surface area contributed by atoms with Gasteiger partial charge < -0.3 is 0 Å². The Morgan fingerprint density at radius 3 is 1.13 bits per heavy atom. The van der Waals surface area contributed by atoms with Gasteiger partial charge in [-0.2, -0.15) is 0 Å². The zero-order chi connectivity index (χ0) is 28.5. The van der Waals surface area contributed by atoms with E-state index in [1.165, 1.54) is 12.1 Å². The Labute approximate surface area is 213 Å². The molecule has 206 valence electrons. The Bertz CT molecular complexity index is 1370. The summed E-state index contributed by atoms with van der Waals surface area (Å²) in [6, 6.07) is 8.05. The number of pyridine rings is 2. The molecule has 0 aliphatic carbocycles. The molecule has 0 N–H and O–H groups in total. The van der Waals surface area contributed by atoms with Crippen LogP contribution in [-0.2, 0) is 17.7 Å². The first-order valence-electron chi connectivity index (χ1n) is 9.65. The van der Waals surface area contributed by atoms with Crippen molar-refractivity contribution < 1.29 is 69.2 Å². The van der Waals surface area contributed by atoms with Crippen LogP contribution >= 0.6 is 7.81 Å². The summed E-state index contributed by atoms with van der Waals surface area (Å²) in [5.74, 6) is -4.89. The van der Waals surface area contributed by atoms with Crippen LogP contribution in [0.4, 0.5) is 51.5 Å². The van der Waals surface area contributed by atoms with E-state index in [-0.39, 0.29) is 30.7 Å². The fraction of sp³-hybridized carbons (Fsp3) is 0. The van der Waals surface area contributed by atoms with Gasteiger partial charge in [-0.3, -0.25) is 0 Å². The van der Waals surface area contributed by atoms with Crippen molar-refractivity contribution >= 4 is 16.0 Å². The Morgan fingerprint density at radius 1 is 0.500 bits per heavy atom. The van der Waals surface area contributed by atoms with Crippen LogP contribution in [0.3, 0.4) is 0 Å². The molecule has 0 amide bonds. The molecule has 2 nitrogen and oxygen atoms in total. The average Bonchev–Trinajstić information content (AvgIpc) is 2.73. The van der Waals surface area contributed by atoms with E-state index in [4.69, 9.17) is 0 Å². The second-order valence-corrected chi connectivity index (χ2v) is 12.3. The fourth-order valence-corrected chi connectivity index (χ4v) is 6.30. The van der Waals surface area contributed by atoms with E-state index in [9.17, 15) is 51.5 Å². The van der Waals surface area contributed by atoms with Gasteiger partial charge in [0.1, 0.15) is 0 Å². The minimum absolute atomic E-state index is 0.0518. The van der Waals surface area contributed by atoms with Crippen LogP contribution in [0.1, 0.15) is 0 Å². The Kier molecular flexibility index (Phi) is 7.72. The van der Waals surface area contributed by atoms with Gasteiger partial charge in [0.25, 0.3) is 0 Å². The summed E-state index contributed by atoms with van der Waals surface area (Å²) in [6.45, 7) is 0. The van der Waals surface area contributed by atoms with E-state index in [1.54, 1.807) is 0 Å². The normalized spacial score (nSPS) is 13.4. The molecular formula is C22H10F12IrN2P. The number of nitrogens with zero attached hydrogens (tertiary/aromatic N) is 2. The monoisotopic (exact) mass is 754 g/mol. The SMILES string of the molecule is F[P-](F)(F)(F)(F)F.Fc1ccc(-c2c(F)cc(F)c[c]2[Ir+][c]2cc(F)cc(F)c2-c2ccc(F)cn2)nc1. The summed E-state index contributed by atoms with van der Waals surface area (Å²) in [6.07, 6.45) is 1.77. The molecular weight excluding hydrogens is 743 g/mol. The first-order valence-corrected chi connectivity index (χ1v) is 14.1. The van der Waals surface area contributed by atoms with Crippen molar-refractivity contribution in [2.45, 2.75) is 0 Å². The van der Waals surface area contributed by atoms with Crippen molar-refractivity contribution in [3.63, 3.8) is 0 Å². The number of benzene rings is 2. The molecule has 2 heterocycles. The van der Waals surface area contributed by atoms with Crippen LogP contribution in [-0.4, -0.2) is 9.97 Å². The predicted molar refractivity (Wildman–Crippen MR) is 112 cm³/mol. The standard InChI is InChI=1S/2C11H5F3N.F6P.Ir/c2*12-7-1-3-9(10(14)5-7)11-4-2-8(13)6-15-11;1-7(2,3,4,5)6;/h2*1-2,4-6H;;/q;;-1;+1. The predicted octanol–water partition coefficient (Wildman–Crippen LogP) is 8.06. The fourth-order valence-electron chi connectivity index (χ4n) is 2.81. The van der Waals surface area contributed by atoms with Crippen LogP contribution in [0.2, 0.25) is 0 Å². The van der Waals surface area contributed by atoms with E-state index in [0.29, 0.717) is 12.1 Å². The third kappa shape index (κ3) is 9.07. The van der Waals surface area contributed by atoms with Crippen molar-refractivity contribution in [1.82, 2.24) is 9.97 Å². The van der Waals surface area contributed by atoms with E-state index < -0.39 is 60.4 Å². The van der Waals surface area contributed by atoms with Crippen LogP contribution < -0.4 is 8.15 Å². The Hall–Kier alpha value is -3.02. The zero-order valence-corrected chi connectivity index (χ0v) is 21.3. The number of hydrogen-bond acceptors (Lipinski definition) is 2. The van der Waals surface area contributed by atoms with Crippen molar-refractivity contribution in [3.8, 4) is 22.5 Å². The van der Waals surface area contributed by atoms with Crippen molar-refractivity contribution in [3.05, 3.63) is 95.8 Å². The topological polar surface area (TPSA) is 25.8 Å². The number of rotatable bonds is 4. The second kappa shape index (κ2) is 9.94. The Morgan fingerprint density at radius 2 is 0.842 bits per heavy atom. The first-order chi connectivity index (χ1) is 17.3. The van der Waals surface area contributed by atoms with Crippen LogP contribution in [0.5, 0.6) is 0 Å². The molecule has 16 heteroatoms. The van der Waals surface area contributed by atoms with E-state index in [0.717, 1.165) is 36.7 Å². The molecule has 0 unspecified atom stereocenters. The van der Waals surface area contributed by atoms with Gasteiger partial charge in [0, 0.05) is 0 Å². The molecule has 0 aliphatic heterocycles. The maximum atomic E-state index is 14.7. The van der Waals surface area contributed by atoms with E-state index in [1.807, 2.05) is 0 Å². The van der Waals surface area contributed by atoms with Crippen molar-refractivity contribution in [2.75, 3.05) is 0 Å². The molecule has 0 radical (unpaired) electrons. The molecule has 2 aromatic carbocycles. The molecule has 0 aliphatic rings. The third-order valence-corrected chi connectivity index (χ3v) is 7.30. The summed E-state index contributed by atoms with van der Waals surface area (Å²) in [4.78, 5) is 7.69. The zero-order valence-electron chi connectivity index (χ0n) is 18.0. The molecule has 4 rings (SSSR count). The first kappa shape index (κ1) is 29.5. The Balaban J connectivity index is 0.000000505. The quantitative estimate of drug-likeness (QED) is 0.156. The van der Waals surface area contributed by atoms with E-state index in [2.05, 4.69) is 9.97 Å². The molecule has 0 saturated carbocycles. The molecule has 2 aromatic heterocycles. The van der Waals surface area contributed by atoms with Crippen LogP contribution in [0, 0.1) is 34.9 Å². The maximum absolute atomic E-state index is 14.7. The number of hydrogen-bond donors (Lipinski definition) is 0. The molecule has 0 fully saturated rings. The molecule has 38 heavy (non-hydrogen) atoms. The second-order valence-electron chi connectivity index (χ2n) is 7.21. The van der Waals surface area contributed by atoms with Gasteiger partial charge >= 0.3 is 213 Å². The summed E-state index contributed by atoms with van der Waals surface area (Å²) in [5.41, 5.74) is -0.0554. The van der Waals surface area contributed by atoms with Gasteiger partial charge in [-0.05, 0) is 0 Å². The molecule has 0 spiro atoms. The van der Waals surface area contributed by atoms with Gasteiger partial charge in [0.05, 0.1) is 0 Å². The summed E-state index contributed by atoms with van der Waals surface area (Å²) >= 11 is -1.75. The van der Waals surface area contributed by atoms with Gasteiger partial charge in [-0.1, -0.05) is 0 Å². The van der Waals surface area contributed by atoms with Gasteiger partial charge in [-0.25, -0.2) is 0 Å².